The van der Waals surface area contributed by atoms with Crippen LogP contribution in [0.25, 0.3) is 0 Å². The first-order valence-electron chi connectivity index (χ1n) is 5.34. The largest absolute Gasteiger partial charge is 0.467 e. The van der Waals surface area contributed by atoms with Crippen molar-refractivity contribution in [2.24, 2.45) is 0 Å². The molecule has 2 heterocycles. The first kappa shape index (κ1) is 13.5. The summed E-state index contributed by atoms with van der Waals surface area (Å²) in [7, 11) is 1.31. The zero-order chi connectivity index (χ0) is 13.1. The van der Waals surface area contributed by atoms with E-state index in [1.165, 1.54) is 23.3 Å². The summed E-state index contributed by atoms with van der Waals surface area (Å²) in [6.45, 7) is 1.01. The minimum atomic E-state index is -0.657. The van der Waals surface area contributed by atoms with Crippen molar-refractivity contribution >= 4 is 39.1 Å². The highest BCUT2D eigenvalue weighted by Crippen LogP contribution is 2.23. The molecule has 1 unspecified atom stereocenters. The van der Waals surface area contributed by atoms with Crippen LogP contribution in [0, 0.1) is 0 Å². The molecule has 0 spiro atoms. The Labute approximate surface area is 117 Å². The van der Waals surface area contributed by atoms with Gasteiger partial charge in [0, 0.05) is 11.9 Å². The molecule has 1 saturated heterocycles. The topological polar surface area (TPSA) is 55.8 Å². The van der Waals surface area contributed by atoms with Crippen molar-refractivity contribution in [1.29, 1.82) is 0 Å². The van der Waals surface area contributed by atoms with Crippen molar-refractivity contribution in [3.8, 4) is 0 Å². The van der Waals surface area contributed by atoms with Gasteiger partial charge in [-0.15, -0.1) is 11.3 Å². The van der Waals surface area contributed by atoms with Crippen molar-refractivity contribution in [3.63, 3.8) is 0 Å². The van der Waals surface area contributed by atoms with Crippen LogP contribution < -0.4 is 0 Å². The Morgan fingerprint density at radius 3 is 3.00 bits per heavy atom. The van der Waals surface area contributed by atoms with E-state index in [1.54, 1.807) is 11.4 Å². The van der Waals surface area contributed by atoms with Crippen molar-refractivity contribution in [3.05, 3.63) is 20.8 Å². The third-order valence-corrected chi connectivity index (χ3v) is 4.18. The third-order valence-electron chi connectivity index (χ3n) is 2.68. The van der Waals surface area contributed by atoms with Gasteiger partial charge in [0.25, 0.3) is 5.91 Å². The molecule has 1 aromatic heterocycles. The van der Waals surface area contributed by atoms with E-state index in [-0.39, 0.29) is 12.5 Å². The highest BCUT2D eigenvalue weighted by atomic mass is 79.9. The van der Waals surface area contributed by atoms with E-state index in [0.29, 0.717) is 18.7 Å². The summed E-state index contributed by atoms with van der Waals surface area (Å²) in [6, 6.07) is 1.09. The lowest BCUT2D eigenvalue weighted by atomic mass is 10.2. The van der Waals surface area contributed by atoms with Crippen LogP contribution in [0.2, 0.25) is 0 Å². The van der Waals surface area contributed by atoms with E-state index in [0.717, 1.165) is 3.79 Å². The van der Waals surface area contributed by atoms with Crippen molar-refractivity contribution in [2.45, 2.75) is 6.04 Å². The summed E-state index contributed by atoms with van der Waals surface area (Å²) in [6.07, 6.45) is 0. The molecule has 5 nitrogen and oxygen atoms in total. The van der Waals surface area contributed by atoms with Crippen molar-refractivity contribution < 1.29 is 19.1 Å². The van der Waals surface area contributed by atoms with Crippen molar-refractivity contribution in [2.75, 3.05) is 26.9 Å². The Morgan fingerprint density at radius 2 is 2.39 bits per heavy atom. The van der Waals surface area contributed by atoms with Gasteiger partial charge in [-0.1, -0.05) is 0 Å². The summed E-state index contributed by atoms with van der Waals surface area (Å²) in [5.74, 6) is -0.618. The fourth-order valence-corrected chi connectivity index (χ4v) is 2.90. The highest BCUT2D eigenvalue weighted by Gasteiger charge is 2.34. The third kappa shape index (κ3) is 2.73. The van der Waals surface area contributed by atoms with Crippen LogP contribution >= 0.6 is 27.3 Å². The molecule has 7 heteroatoms. The monoisotopic (exact) mass is 333 g/mol. The van der Waals surface area contributed by atoms with Crippen molar-refractivity contribution in [1.82, 2.24) is 4.90 Å². The van der Waals surface area contributed by atoms with Crippen LogP contribution in [0.15, 0.2) is 15.2 Å². The van der Waals surface area contributed by atoms with Gasteiger partial charge in [0.05, 0.1) is 29.7 Å². The van der Waals surface area contributed by atoms with Crippen LogP contribution in [0.4, 0.5) is 0 Å². The van der Waals surface area contributed by atoms with E-state index < -0.39 is 12.0 Å². The van der Waals surface area contributed by atoms with Gasteiger partial charge in [0.2, 0.25) is 0 Å². The summed E-state index contributed by atoms with van der Waals surface area (Å²) in [5.41, 5.74) is 0.572. The van der Waals surface area contributed by atoms with Gasteiger partial charge >= 0.3 is 5.97 Å². The lowest BCUT2D eigenvalue weighted by Crippen LogP contribution is -2.52. The van der Waals surface area contributed by atoms with Gasteiger partial charge in [-0.3, -0.25) is 4.79 Å². The van der Waals surface area contributed by atoms with Gasteiger partial charge in [0.1, 0.15) is 0 Å². The predicted molar refractivity (Wildman–Crippen MR) is 69.7 cm³/mol. The smallest absolute Gasteiger partial charge is 0.331 e. The van der Waals surface area contributed by atoms with Crippen LogP contribution in [0.1, 0.15) is 10.4 Å². The lowest BCUT2D eigenvalue weighted by molar-refractivity contribution is -0.151. The quantitative estimate of drug-likeness (QED) is 0.770. The van der Waals surface area contributed by atoms with Gasteiger partial charge in [-0.05, 0) is 22.0 Å². The molecular weight excluding hydrogens is 322 g/mol. The number of carbonyl (C=O) groups excluding carboxylic acids is 2. The van der Waals surface area contributed by atoms with Crippen LogP contribution in [0.5, 0.6) is 0 Å². The molecule has 18 heavy (non-hydrogen) atoms. The molecule has 1 aliphatic heterocycles. The first-order chi connectivity index (χ1) is 8.63. The molecule has 0 saturated carbocycles. The van der Waals surface area contributed by atoms with Gasteiger partial charge in [-0.25, -0.2) is 4.79 Å². The number of hydrogen-bond acceptors (Lipinski definition) is 5. The Bertz CT molecular complexity index is 462. The minimum Gasteiger partial charge on any atom is -0.467 e. The molecule has 1 atom stereocenters. The first-order valence-corrected chi connectivity index (χ1v) is 7.01. The van der Waals surface area contributed by atoms with E-state index in [1.807, 2.05) is 0 Å². The summed E-state index contributed by atoms with van der Waals surface area (Å²) in [4.78, 5) is 25.4. The van der Waals surface area contributed by atoms with E-state index in [4.69, 9.17) is 9.47 Å². The van der Waals surface area contributed by atoms with Gasteiger partial charge in [-0.2, -0.15) is 0 Å². The number of thiophene rings is 1. The second-order valence-corrected chi connectivity index (χ2v) is 6.04. The Kier molecular flexibility index (Phi) is 4.36. The molecule has 1 fully saturated rings. The maximum absolute atomic E-state index is 12.3. The molecule has 0 bridgehead atoms. The number of amides is 1. The zero-order valence-electron chi connectivity index (χ0n) is 9.72. The molecule has 1 amide bonds. The molecule has 0 aromatic carbocycles. The molecule has 0 radical (unpaired) electrons. The van der Waals surface area contributed by atoms with Gasteiger partial charge in [0.15, 0.2) is 6.04 Å². The molecule has 1 aliphatic rings. The molecule has 0 aliphatic carbocycles. The fourth-order valence-electron chi connectivity index (χ4n) is 1.77. The molecule has 98 valence electrons. The molecule has 1 aromatic rings. The average molecular weight is 334 g/mol. The normalized spacial score (nSPS) is 19.7. The van der Waals surface area contributed by atoms with Crippen LogP contribution in [0.3, 0.4) is 0 Å². The summed E-state index contributed by atoms with van der Waals surface area (Å²) in [5, 5.41) is 1.76. The number of methoxy groups -OCH3 is 1. The van der Waals surface area contributed by atoms with Crippen LogP contribution in [-0.4, -0.2) is 49.7 Å². The highest BCUT2D eigenvalue weighted by molar-refractivity contribution is 9.11. The Morgan fingerprint density at radius 1 is 1.61 bits per heavy atom. The maximum atomic E-state index is 12.3. The second-order valence-electron chi connectivity index (χ2n) is 3.75. The van der Waals surface area contributed by atoms with E-state index in [2.05, 4.69) is 15.9 Å². The molecular formula is C11H12BrNO4S. The number of ether oxygens (including phenoxy) is 2. The Hall–Kier alpha value is -0.920. The number of carbonyl (C=O) groups is 2. The summed E-state index contributed by atoms with van der Waals surface area (Å²) >= 11 is 4.75. The van der Waals surface area contributed by atoms with E-state index >= 15 is 0 Å². The number of esters is 1. The fraction of sp³-hybridized carbons (Fsp3) is 0.455. The Balaban J connectivity index is 2.18. The summed E-state index contributed by atoms with van der Waals surface area (Å²) < 4.78 is 10.8. The minimum absolute atomic E-state index is 0.171. The number of morpholine rings is 1. The maximum Gasteiger partial charge on any atom is 0.331 e. The average Bonchev–Trinajstić information content (AvgIpc) is 2.83. The zero-order valence-corrected chi connectivity index (χ0v) is 12.1. The molecule has 2 rings (SSSR count). The standard InChI is InChI=1S/C11H12BrNO4S/c1-16-11(15)8-5-17-3-2-13(8)10(14)7-4-9(12)18-6-7/h4,6,8H,2-3,5H2,1H3. The van der Waals surface area contributed by atoms with Gasteiger partial charge < -0.3 is 14.4 Å². The molecule has 0 N–H and O–H groups in total. The van der Waals surface area contributed by atoms with Crippen LogP contribution in [-0.2, 0) is 14.3 Å². The number of hydrogen-bond donors (Lipinski definition) is 0. The second kappa shape index (κ2) is 5.81. The van der Waals surface area contributed by atoms with E-state index in [9.17, 15) is 9.59 Å². The number of halogens is 1. The SMILES string of the molecule is COC(=O)C1COCCN1C(=O)c1csc(Br)c1. The predicted octanol–water partition coefficient (Wildman–Crippen LogP) is 1.52. The number of nitrogens with zero attached hydrogens (tertiary/aromatic N) is 1. The lowest BCUT2D eigenvalue weighted by Gasteiger charge is -2.33. The number of rotatable bonds is 2.